The smallest absolute Gasteiger partial charge is 0.321 e. The van der Waals surface area contributed by atoms with Gasteiger partial charge in [0.05, 0.1) is 19.3 Å². The number of likely N-dealkylation sites (tertiary alicyclic amines) is 1. The van der Waals surface area contributed by atoms with Crippen molar-refractivity contribution >= 4 is 11.9 Å². The lowest BCUT2D eigenvalue weighted by molar-refractivity contribution is -0.121. The number of benzene rings is 2. The van der Waals surface area contributed by atoms with Gasteiger partial charge in [0.1, 0.15) is 0 Å². The fourth-order valence-corrected chi connectivity index (χ4v) is 3.21. The molecule has 1 fully saturated rings. The normalized spacial score (nSPS) is 15.1. The van der Waals surface area contributed by atoms with Crippen molar-refractivity contribution in [2.75, 3.05) is 19.6 Å². The second-order valence-corrected chi connectivity index (χ2v) is 6.99. The average Bonchev–Trinajstić information content (AvgIpc) is 2.73. The molecule has 1 aliphatic rings. The average molecular weight is 381 g/mol. The third-order valence-electron chi connectivity index (χ3n) is 4.78. The molecule has 6 heteroatoms. The maximum atomic E-state index is 12.1. The van der Waals surface area contributed by atoms with Gasteiger partial charge in [-0.1, -0.05) is 60.7 Å². The molecule has 28 heavy (non-hydrogen) atoms. The molecule has 0 atom stereocenters. The van der Waals surface area contributed by atoms with Crippen molar-refractivity contribution in [1.82, 2.24) is 15.5 Å². The Kier molecular flexibility index (Phi) is 7.58. The van der Waals surface area contributed by atoms with E-state index in [1.807, 2.05) is 48.5 Å². The van der Waals surface area contributed by atoms with Crippen molar-refractivity contribution < 1.29 is 14.3 Å². The highest BCUT2D eigenvalue weighted by atomic mass is 16.5. The lowest BCUT2D eigenvalue weighted by Crippen LogP contribution is -2.46. The largest absolute Gasteiger partial charge is 0.373 e. The molecule has 3 amide bonds. The number of rotatable bonds is 7. The fraction of sp³-hybridized carbons (Fsp3) is 0.364. The van der Waals surface area contributed by atoms with Crippen LogP contribution in [0.3, 0.4) is 0 Å². The molecular weight excluding hydrogens is 354 g/mol. The van der Waals surface area contributed by atoms with Crippen LogP contribution in [0.1, 0.15) is 24.0 Å². The van der Waals surface area contributed by atoms with Gasteiger partial charge in [-0.25, -0.2) is 4.79 Å². The molecule has 148 valence electrons. The molecule has 2 aromatic carbocycles. The minimum Gasteiger partial charge on any atom is -0.373 e. The highest BCUT2D eigenvalue weighted by Crippen LogP contribution is 2.15. The Morgan fingerprint density at radius 2 is 1.54 bits per heavy atom. The Morgan fingerprint density at radius 1 is 0.929 bits per heavy atom. The first-order valence-corrected chi connectivity index (χ1v) is 9.68. The summed E-state index contributed by atoms with van der Waals surface area (Å²) in [6, 6.07) is 19.3. The predicted octanol–water partition coefficient (Wildman–Crippen LogP) is 2.69. The number of carbonyl (C=O) groups is 2. The van der Waals surface area contributed by atoms with E-state index in [4.69, 9.17) is 4.74 Å². The van der Waals surface area contributed by atoms with Crippen LogP contribution in [0.2, 0.25) is 0 Å². The number of nitrogens with zero attached hydrogens (tertiary/aromatic N) is 1. The SMILES string of the molecule is O=C(CN1CCC(OCc2ccccc2)CC1)NC(=O)NCc1ccccc1. The highest BCUT2D eigenvalue weighted by Gasteiger charge is 2.21. The molecule has 2 N–H and O–H groups in total. The molecular formula is C22H27N3O3. The van der Waals surface area contributed by atoms with Gasteiger partial charge in [-0.15, -0.1) is 0 Å². The summed E-state index contributed by atoms with van der Waals surface area (Å²) in [5.41, 5.74) is 2.16. The topological polar surface area (TPSA) is 70.7 Å². The van der Waals surface area contributed by atoms with E-state index in [2.05, 4.69) is 27.7 Å². The van der Waals surface area contributed by atoms with Gasteiger partial charge in [-0.3, -0.25) is 15.0 Å². The molecule has 2 aromatic rings. The zero-order chi connectivity index (χ0) is 19.6. The zero-order valence-corrected chi connectivity index (χ0v) is 16.0. The lowest BCUT2D eigenvalue weighted by Gasteiger charge is -2.31. The van der Waals surface area contributed by atoms with E-state index < -0.39 is 6.03 Å². The molecule has 0 radical (unpaired) electrons. The number of hydrogen-bond acceptors (Lipinski definition) is 4. The Morgan fingerprint density at radius 3 is 2.18 bits per heavy atom. The van der Waals surface area contributed by atoms with Crippen LogP contribution >= 0.6 is 0 Å². The fourth-order valence-electron chi connectivity index (χ4n) is 3.21. The van der Waals surface area contributed by atoms with E-state index in [1.54, 1.807) is 0 Å². The molecule has 0 aliphatic carbocycles. The van der Waals surface area contributed by atoms with E-state index in [9.17, 15) is 9.59 Å². The maximum Gasteiger partial charge on any atom is 0.321 e. The first-order valence-electron chi connectivity index (χ1n) is 9.68. The number of ether oxygens (including phenoxy) is 1. The number of carbonyl (C=O) groups excluding carboxylic acids is 2. The third kappa shape index (κ3) is 6.79. The minimum atomic E-state index is -0.463. The van der Waals surface area contributed by atoms with E-state index in [0.717, 1.165) is 31.5 Å². The van der Waals surface area contributed by atoms with Crippen LogP contribution in [0.5, 0.6) is 0 Å². The Hall–Kier alpha value is -2.70. The number of amides is 3. The van der Waals surface area contributed by atoms with Crippen LogP contribution in [-0.4, -0.2) is 42.6 Å². The number of urea groups is 1. The standard InChI is InChI=1S/C22H27N3O3/c26-21(24-22(27)23-15-18-7-3-1-4-8-18)16-25-13-11-20(12-14-25)28-17-19-9-5-2-6-10-19/h1-10,20H,11-17H2,(H2,23,24,26,27). The van der Waals surface area contributed by atoms with Gasteiger partial charge in [0, 0.05) is 19.6 Å². The summed E-state index contributed by atoms with van der Waals surface area (Å²) in [6.45, 7) is 2.82. The van der Waals surface area contributed by atoms with E-state index in [-0.39, 0.29) is 18.6 Å². The maximum absolute atomic E-state index is 12.1. The van der Waals surface area contributed by atoms with Crippen LogP contribution in [0.15, 0.2) is 60.7 Å². The van der Waals surface area contributed by atoms with E-state index in [0.29, 0.717) is 13.2 Å². The number of hydrogen-bond donors (Lipinski definition) is 2. The molecule has 0 saturated carbocycles. The first kappa shape index (κ1) is 20.0. The van der Waals surface area contributed by atoms with Gasteiger partial charge in [0.2, 0.25) is 5.91 Å². The minimum absolute atomic E-state index is 0.216. The van der Waals surface area contributed by atoms with Crippen LogP contribution < -0.4 is 10.6 Å². The molecule has 0 spiro atoms. The molecule has 6 nitrogen and oxygen atoms in total. The van der Waals surface area contributed by atoms with Crippen LogP contribution in [0.4, 0.5) is 4.79 Å². The van der Waals surface area contributed by atoms with Crippen molar-refractivity contribution in [2.24, 2.45) is 0 Å². The summed E-state index contributed by atoms with van der Waals surface area (Å²) in [6.07, 6.45) is 1.99. The third-order valence-corrected chi connectivity index (χ3v) is 4.78. The van der Waals surface area contributed by atoms with Gasteiger partial charge < -0.3 is 10.1 Å². The van der Waals surface area contributed by atoms with Gasteiger partial charge in [0.25, 0.3) is 0 Å². The number of piperidine rings is 1. The van der Waals surface area contributed by atoms with E-state index >= 15 is 0 Å². The van der Waals surface area contributed by atoms with Crippen molar-refractivity contribution in [3.8, 4) is 0 Å². The number of nitrogens with one attached hydrogen (secondary N) is 2. The second kappa shape index (κ2) is 10.6. The molecule has 0 unspecified atom stereocenters. The summed E-state index contributed by atoms with van der Waals surface area (Å²) < 4.78 is 5.97. The van der Waals surface area contributed by atoms with Crippen LogP contribution in [0, 0.1) is 0 Å². The molecule has 1 heterocycles. The highest BCUT2D eigenvalue weighted by molar-refractivity contribution is 5.95. The molecule has 0 aromatic heterocycles. The molecule has 1 saturated heterocycles. The van der Waals surface area contributed by atoms with Crippen molar-refractivity contribution in [3.05, 3.63) is 71.8 Å². The summed E-state index contributed by atoms with van der Waals surface area (Å²) in [4.78, 5) is 26.0. The summed E-state index contributed by atoms with van der Waals surface area (Å²) in [5, 5.41) is 5.09. The van der Waals surface area contributed by atoms with Gasteiger partial charge in [-0.2, -0.15) is 0 Å². The Bertz CT molecular complexity index is 744. The molecule has 0 bridgehead atoms. The predicted molar refractivity (Wildman–Crippen MR) is 108 cm³/mol. The van der Waals surface area contributed by atoms with Crippen molar-refractivity contribution in [3.63, 3.8) is 0 Å². The summed E-state index contributed by atoms with van der Waals surface area (Å²) >= 11 is 0. The van der Waals surface area contributed by atoms with Crippen molar-refractivity contribution in [1.29, 1.82) is 0 Å². The Balaban J connectivity index is 1.30. The van der Waals surface area contributed by atoms with E-state index in [1.165, 1.54) is 5.56 Å². The lowest BCUT2D eigenvalue weighted by atomic mass is 10.1. The van der Waals surface area contributed by atoms with Gasteiger partial charge in [-0.05, 0) is 24.0 Å². The summed E-state index contributed by atoms with van der Waals surface area (Å²) in [7, 11) is 0. The van der Waals surface area contributed by atoms with Gasteiger partial charge in [0.15, 0.2) is 0 Å². The van der Waals surface area contributed by atoms with Crippen LogP contribution in [-0.2, 0) is 22.7 Å². The monoisotopic (exact) mass is 381 g/mol. The second-order valence-electron chi connectivity index (χ2n) is 6.99. The number of imide groups is 1. The molecule has 3 rings (SSSR count). The summed E-state index contributed by atoms with van der Waals surface area (Å²) in [5.74, 6) is -0.283. The van der Waals surface area contributed by atoms with Crippen LogP contribution in [0.25, 0.3) is 0 Å². The first-order chi connectivity index (χ1) is 13.7. The quantitative estimate of drug-likeness (QED) is 0.774. The zero-order valence-electron chi connectivity index (χ0n) is 16.0. The molecule has 1 aliphatic heterocycles. The Labute approximate surface area is 165 Å². The van der Waals surface area contributed by atoms with Crippen molar-refractivity contribution in [2.45, 2.75) is 32.1 Å². The van der Waals surface area contributed by atoms with Gasteiger partial charge >= 0.3 is 6.03 Å².